The highest BCUT2D eigenvalue weighted by molar-refractivity contribution is 5.97. The van der Waals surface area contributed by atoms with Crippen LogP contribution in [0.1, 0.15) is 22.3 Å². The highest BCUT2D eigenvalue weighted by Gasteiger charge is 2.33. The molecule has 0 radical (unpaired) electrons. The molecule has 0 bridgehead atoms. The van der Waals surface area contributed by atoms with Crippen molar-refractivity contribution < 1.29 is 9.59 Å². The SMILES string of the molecule is CNC(=O)c1ccc(NC(=O)C2CCN2Cc2ccccc2)cc1. The molecule has 1 aliphatic heterocycles. The zero-order valence-electron chi connectivity index (χ0n) is 13.7. The first-order chi connectivity index (χ1) is 11.7. The summed E-state index contributed by atoms with van der Waals surface area (Å²) >= 11 is 0. The number of nitrogens with zero attached hydrogens (tertiary/aromatic N) is 1. The molecule has 2 aromatic carbocycles. The molecule has 0 aliphatic carbocycles. The van der Waals surface area contributed by atoms with E-state index in [0.717, 1.165) is 19.5 Å². The Hall–Kier alpha value is -2.66. The highest BCUT2D eigenvalue weighted by atomic mass is 16.2. The molecule has 5 nitrogen and oxygen atoms in total. The van der Waals surface area contributed by atoms with Gasteiger partial charge in [0.2, 0.25) is 5.91 Å². The summed E-state index contributed by atoms with van der Waals surface area (Å²) in [6.45, 7) is 1.72. The third-order valence-corrected chi connectivity index (χ3v) is 4.30. The summed E-state index contributed by atoms with van der Waals surface area (Å²) in [4.78, 5) is 26.1. The lowest BCUT2D eigenvalue weighted by atomic mass is 10.0. The van der Waals surface area contributed by atoms with Crippen LogP contribution in [-0.2, 0) is 11.3 Å². The minimum absolute atomic E-state index is 0.00451. The number of amides is 2. The molecule has 1 fully saturated rings. The molecule has 1 heterocycles. The van der Waals surface area contributed by atoms with E-state index in [4.69, 9.17) is 0 Å². The standard InChI is InChI=1S/C19H21N3O2/c1-20-18(23)15-7-9-16(10-8-15)21-19(24)17-11-12-22(17)13-14-5-3-2-4-6-14/h2-10,17H,11-13H2,1H3,(H,20,23)(H,21,24). The van der Waals surface area contributed by atoms with Crippen LogP contribution in [0, 0.1) is 0 Å². The Balaban J connectivity index is 1.57. The lowest BCUT2D eigenvalue weighted by Gasteiger charge is -2.39. The minimum atomic E-state index is -0.138. The summed E-state index contributed by atoms with van der Waals surface area (Å²) in [5.74, 6) is -0.134. The molecule has 5 heteroatoms. The summed E-state index contributed by atoms with van der Waals surface area (Å²) in [5.41, 5.74) is 2.49. The molecular weight excluding hydrogens is 302 g/mol. The molecule has 2 amide bonds. The Morgan fingerprint density at radius 1 is 1.08 bits per heavy atom. The molecule has 0 saturated carbocycles. The summed E-state index contributed by atoms with van der Waals surface area (Å²) in [5, 5.41) is 5.51. The number of hydrogen-bond donors (Lipinski definition) is 2. The molecule has 2 aromatic rings. The average molecular weight is 323 g/mol. The first-order valence-electron chi connectivity index (χ1n) is 8.08. The predicted octanol–water partition coefficient (Wildman–Crippen LogP) is 2.26. The van der Waals surface area contributed by atoms with Crippen molar-refractivity contribution in [1.82, 2.24) is 10.2 Å². The summed E-state index contributed by atoms with van der Waals surface area (Å²) in [6.07, 6.45) is 0.870. The topological polar surface area (TPSA) is 61.4 Å². The van der Waals surface area contributed by atoms with Gasteiger partial charge >= 0.3 is 0 Å². The van der Waals surface area contributed by atoms with Crippen molar-refractivity contribution in [2.45, 2.75) is 19.0 Å². The van der Waals surface area contributed by atoms with Crippen LogP contribution < -0.4 is 10.6 Å². The van der Waals surface area contributed by atoms with Crippen LogP contribution in [-0.4, -0.2) is 36.3 Å². The number of benzene rings is 2. The summed E-state index contributed by atoms with van der Waals surface area (Å²) in [7, 11) is 1.59. The van der Waals surface area contributed by atoms with Crippen LogP contribution in [0.3, 0.4) is 0 Å². The second-order valence-electron chi connectivity index (χ2n) is 5.91. The molecule has 3 rings (SSSR count). The number of anilines is 1. The van der Waals surface area contributed by atoms with Crippen molar-refractivity contribution in [3.05, 3.63) is 65.7 Å². The molecule has 1 saturated heterocycles. The normalized spacial score (nSPS) is 17.0. The summed E-state index contributed by atoms with van der Waals surface area (Å²) < 4.78 is 0. The van der Waals surface area contributed by atoms with Gasteiger partial charge in [-0.15, -0.1) is 0 Å². The van der Waals surface area contributed by atoms with Crippen LogP contribution in [0.15, 0.2) is 54.6 Å². The van der Waals surface area contributed by atoms with E-state index in [0.29, 0.717) is 11.3 Å². The Morgan fingerprint density at radius 2 is 1.79 bits per heavy atom. The number of carbonyl (C=O) groups is 2. The van der Waals surface area contributed by atoms with Crippen LogP contribution in [0.2, 0.25) is 0 Å². The van der Waals surface area contributed by atoms with E-state index in [-0.39, 0.29) is 17.9 Å². The van der Waals surface area contributed by atoms with E-state index >= 15 is 0 Å². The Morgan fingerprint density at radius 3 is 2.38 bits per heavy atom. The average Bonchev–Trinajstić information content (AvgIpc) is 2.59. The van der Waals surface area contributed by atoms with Crippen molar-refractivity contribution in [2.24, 2.45) is 0 Å². The molecule has 0 spiro atoms. The van der Waals surface area contributed by atoms with E-state index in [1.807, 2.05) is 18.2 Å². The molecule has 1 atom stereocenters. The van der Waals surface area contributed by atoms with Crippen molar-refractivity contribution in [2.75, 3.05) is 18.9 Å². The number of rotatable bonds is 5. The number of nitrogens with one attached hydrogen (secondary N) is 2. The monoisotopic (exact) mass is 323 g/mol. The van der Waals surface area contributed by atoms with E-state index < -0.39 is 0 Å². The van der Waals surface area contributed by atoms with Crippen molar-refractivity contribution in [3.63, 3.8) is 0 Å². The van der Waals surface area contributed by atoms with Gasteiger partial charge in [-0.3, -0.25) is 14.5 Å². The van der Waals surface area contributed by atoms with Gasteiger partial charge < -0.3 is 10.6 Å². The van der Waals surface area contributed by atoms with E-state index in [1.54, 1.807) is 31.3 Å². The lowest BCUT2D eigenvalue weighted by molar-refractivity contribution is -0.125. The maximum Gasteiger partial charge on any atom is 0.251 e. The fourth-order valence-corrected chi connectivity index (χ4v) is 2.82. The Bertz CT molecular complexity index is 713. The van der Waals surface area contributed by atoms with Gasteiger partial charge in [0, 0.05) is 31.4 Å². The molecule has 24 heavy (non-hydrogen) atoms. The number of hydrogen-bond acceptors (Lipinski definition) is 3. The van der Waals surface area contributed by atoms with Gasteiger partial charge in [0.05, 0.1) is 6.04 Å². The van der Waals surface area contributed by atoms with E-state index in [9.17, 15) is 9.59 Å². The van der Waals surface area contributed by atoms with Crippen LogP contribution >= 0.6 is 0 Å². The molecule has 1 aliphatic rings. The third-order valence-electron chi connectivity index (χ3n) is 4.30. The molecule has 1 unspecified atom stereocenters. The second-order valence-corrected chi connectivity index (χ2v) is 5.91. The quantitative estimate of drug-likeness (QED) is 0.887. The maximum atomic E-state index is 12.4. The Labute approximate surface area is 141 Å². The molecular formula is C19H21N3O2. The maximum absolute atomic E-state index is 12.4. The molecule has 124 valence electrons. The fourth-order valence-electron chi connectivity index (χ4n) is 2.82. The van der Waals surface area contributed by atoms with Gasteiger partial charge in [-0.1, -0.05) is 30.3 Å². The first-order valence-corrected chi connectivity index (χ1v) is 8.08. The van der Waals surface area contributed by atoms with Crippen LogP contribution in [0.25, 0.3) is 0 Å². The summed E-state index contributed by atoms with van der Waals surface area (Å²) in [6, 6.07) is 17.0. The Kier molecular flexibility index (Phi) is 4.91. The highest BCUT2D eigenvalue weighted by Crippen LogP contribution is 2.22. The second kappa shape index (κ2) is 7.27. The van der Waals surface area contributed by atoms with Gasteiger partial charge in [-0.2, -0.15) is 0 Å². The lowest BCUT2D eigenvalue weighted by Crippen LogP contribution is -2.53. The number of likely N-dealkylation sites (tertiary alicyclic amines) is 1. The van der Waals surface area contributed by atoms with Crippen molar-refractivity contribution in [3.8, 4) is 0 Å². The zero-order valence-corrected chi connectivity index (χ0v) is 13.7. The largest absolute Gasteiger partial charge is 0.355 e. The smallest absolute Gasteiger partial charge is 0.251 e. The van der Waals surface area contributed by atoms with Crippen molar-refractivity contribution >= 4 is 17.5 Å². The van der Waals surface area contributed by atoms with Gasteiger partial charge in [0.15, 0.2) is 0 Å². The van der Waals surface area contributed by atoms with Crippen LogP contribution in [0.5, 0.6) is 0 Å². The molecule has 2 N–H and O–H groups in total. The van der Waals surface area contributed by atoms with Gasteiger partial charge in [-0.25, -0.2) is 0 Å². The van der Waals surface area contributed by atoms with Gasteiger partial charge in [-0.05, 0) is 36.2 Å². The van der Waals surface area contributed by atoms with Gasteiger partial charge in [0.1, 0.15) is 0 Å². The minimum Gasteiger partial charge on any atom is -0.355 e. The number of carbonyl (C=O) groups excluding carboxylic acids is 2. The third kappa shape index (κ3) is 3.63. The van der Waals surface area contributed by atoms with Gasteiger partial charge in [0.25, 0.3) is 5.91 Å². The molecule has 0 aromatic heterocycles. The van der Waals surface area contributed by atoms with Crippen LogP contribution in [0.4, 0.5) is 5.69 Å². The van der Waals surface area contributed by atoms with E-state index in [2.05, 4.69) is 27.7 Å². The predicted molar refractivity (Wildman–Crippen MR) is 93.7 cm³/mol. The first kappa shape index (κ1) is 16.2. The van der Waals surface area contributed by atoms with E-state index in [1.165, 1.54) is 5.56 Å². The fraction of sp³-hybridized carbons (Fsp3) is 0.263. The van der Waals surface area contributed by atoms with Crippen molar-refractivity contribution in [1.29, 1.82) is 0 Å². The zero-order chi connectivity index (χ0) is 16.9.